The lowest BCUT2D eigenvalue weighted by Gasteiger charge is -2.22. The van der Waals surface area contributed by atoms with E-state index in [0.717, 1.165) is 10.9 Å². The fraction of sp³-hybridized carbons (Fsp3) is 0.211. The molecule has 2 unspecified atom stereocenters. The van der Waals surface area contributed by atoms with E-state index >= 15 is 0 Å². The van der Waals surface area contributed by atoms with E-state index in [2.05, 4.69) is 22.1 Å². The monoisotopic (exact) mass is 352 g/mol. The largest absolute Gasteiger partial charge is 0.470 e. The van der Waals surface area contributed by atoms with Gasteiger partial charge in [-0.1, -0.05) is 11.8 Å². The van der Waals surface area contributed by atoms with Gasteiger partial charge in [-0.05, 0) is 37.4 Å². The van der Waals surface area contributed by atoms with Crippen molar-refractivity contribution in [1.82, 2.24) is 10.3 Å². The molecule has 1 aromatic heterocycles. The number of benzene rings is 1. The standard InChI is InChI=1S/C19H16N2O3S/c1-5-13-9-14-10-15(7-8-16(14)20-11-13)24-18(25-4)17(23)21-19(3,6-2)12-22/h1-2,7-12,18H,3-4H3,(H,21,23). The molecule has 1 heterocycles. The van der Waals surface area contributed by atoms with E-state index in [1.807, 2.05) is 6.07 Å². The molecular formula is C19H16N2O3S. The van der Waals surface area contributed by atoms with Gasteiger partial charge < -0.3 is 10.1 Å². The molecular weight excluding hydrogens is 336 g/mol. The van der Waals surface area contributed by atoms with Crippen LogP contribution in [0.1, 0.15) is 12.5 Å². The Morgan fingerprint density at radius 2 is 2.20 bits per heavy atom. The Kier molecular flexibility index (Phi) is 5.69. The molecule has 0 aliphatic heterocycles. The maximum atomic E-state index is 12.3. The summed E-state index contributed by atoms with van der Waals surface area (Å²) in [7, 11) is 0. The number of rotatable bonds is 6. The van der Waals surface area contributed by atoms with Gasteiger partial charge in [0.15, 0.2) is 11.8 Å². The van der Waals surface area contributed by atoms with Gasteiger partial charge in [-0.15, -0.1) is 24.6 Å². The molecule has 1 N–H and O–H groups in total. The number of hydrogen-bond donors (Lipinski definition) is 1. The summed E-state index contributed by atoms with van der Waals surface area (Å²) in [6, 6.07) is 7.05. The van der Waals surface area contributed by atoms with Gasteiger partial charge in [0.05, 0.1) is 5.52 Å². The van der Waals surface area contributed by atoms with Crippen molar-refractivity contribution in [3.63, 3.8) is 0 Å². The van der Waals surface area contributed by atoms with Crippen LogP contribution >= 0.6 is 11.8 Å². The van der Waals surface area contributed by atoms with E-state index in [0.29, 0.717) is 17.6 Å². The average Bonchev–Trinajstić information content (AvgIpc) is 2.65. The highest BCUT2D eigenvalue weighted by Gasteiger charge is 2.28. The molecule has 2 rings (SSSR count). The van der Waals surface area contributed by atoms with Gasteiger partial charge in [-0.3, -0.25) is 14.6 Å². The fourth-order valence-electron chi connectivity index (χ4n) is 2.01. The lowest BCUT2D eigenvalue weighted by molar-refractivity contribution is -0.127. The first-order valence-electron chi connectivity index (χ1n) is 7.26. The Morgan fingerprint density at radius 1 is 1.44 bits per heavy atom. The number of aromatic nitrogens is 1. The van der Waals surface area contributed by atoms with Crippen molar-refractivity contribution < 1.29 is 14.3 Å². The van der Waals surface area contributed by atoms with Gasteiger partial charge >= 0.3 is 0 Å². The van der Waals surface area contributed by atoms with Crippen molar-refractivity contribution in [2.75, 3.05) is 6.26 Å². The minimum absolute atomic E-state index is 0.478. The Morgan fingerprint density at radius 3 is 2.80 bits per heavy atom. The highest BCUT2D eigenvalue weighted by atomic mass is 32.2. The van der Waals surface area contributed by atoms with Crippen molar-refractivity contribution in [2.45, 2.75) is 17.9 Å². The number of carbonyl (C=O) groups excluding carboxylic acids is 2. The zero-order valence-corrected chi connectivity index (χ0v) is 14.6. The summed E-state index contributed by atoms with van der Waals surface area (Å²) >= 11 is 1.18. The molecule has 0 spiro atoms. The molecule has 25 heavy (non-hydrogen) atoms. The van der Waals surface area contributed by atoms with Gasteiger partial charge in [-0.25, -0.2) is 0 Å². The van der Waals surface area contributed by atoms with Crippen LogP contribution in [0.15, 0.2) is 30.5 Å². The normalized spacial score (nSPS) is 13.8. The number of nitrogens with one attached hydrogen (secondary N) is 1. The van der Waals surface area contributed by atoms with Crippen LogP contribution in [0.25, 0.3) is 10.9 Å². The number of pyridine rings is 1. The number of amides is 1. The molecule has 0 saturated carbocycles. The topological polar surface area (TPSA) is 68.3 Å². The van der Waals surface area contributed by atoms with Crippen LogP contribution in [0.5, 0.6) is 5.75 Å². The fourth-order valence-corrected chi connectivity index (χ4v) is 2.49. The Labute approximate surface area is 150 Å². The van der Waals surface area contributed by atoms with Crippen molar-refractivity contribution >= 4 is 34.9 Å². The van der Waals surface area contributed by atoms with E-state index in [4.69, 9.17) is 17.6 Å². The number of hydrogen-bond acceptors (Lipinski definition) is 5. The Hall–Kier alpha value is -2.96. The number of thioether (sulfide) groups is 1. The van der Waals surface area contributed by atoms with Crippen molar-refractivity contribution in [3.05, 3.63) is 36.0 Å². The quantitative estimate of drug-likeness (QED) is 0.489. The molecule has 2 atom stereocenters. The minimum atomic E-state index is -1.37. The summed E-state index contributed by atoms with van der Waals surface area (Å²) in [6.07, 6.45) is 14.5. The lowest BCUT2D eigenvalue weighted by atomic mass is 10.1. The van der Waals surface area contributed by atoms with Gasteiger partial charge in [-0.2, -0.15) is 0 Å². The second-order valence-electron chi connectivity index (χ2n) is 5.36. The first-order valence-corrected chi connectivity index (χ1v) is 8.55. The van der Waals surface area contributed by atoms with Crippen LogP contribution in [0.2, 0.25) is 0 Å². The van der Waals surface area contributed by atoms with Crippen molar-refractivity contribution in [2.24, 2.45) is 0 Å². The zero-order chi connectivity index (χ0) is 18.4. The number of nitrogens with zero attached hydrogens (tertiary/aromatic N) is 1. The summed E-state index contributed by atoms with van der Waals surface area (Å²) in [5.41, 5.74) is -0.825. The van der Waals surface area contributed by atoms with Crippen LogP contribution in [0.3, 0.4) is 0 Å². The molecule has 1 amide bonds. The van der Waals surface area contributed by atoms with Crippen molar-refractivity contribution in [3.8, 4) is 30.4 Å². The number of fused-ring (bicyclic) bond motifs is 1. The smallest absolute Gasteiger partial charge is 0.273 e. The molecule has 0 fully saturated rings. The Balaban J connectivity index is 2.22. The molecule has 0 saturated heterocycles. The third kappa shape index (κ3) is 4.32. The van der Waals surface area contributed by atoms with Crippen LogP contribution < -0.4 is 10.1 Å². The molecule has 5 nitrogen and oxygen atoms in total. The van der Waals surface area contributed by atoms with Gasteiger partial charge in [0.1, 0.15) is 5.75 Å². The first-order chi connectivity index (χ1) is 11.9. The molecule has 0 bridgehead atoms. The summed E-state index contributed by atoms with van der Waals surface area (Å²) in [5, 5.41) is 3.29. The van der Waals surface area contributed by atoms with Gasteiger partial charge in [0, 0.05) is 17.1 Å². The predicted octanol–water partition coefficient (Wildman–Crippen LogP) is 1.99. The summed E-state index contributed by atoms with van der Waals surface area (Å²) in [5.74, 6) is 4.76. The van der Waals surface area contributed by atoms with Gasteiger partial charge in [0.25, 0.3) is 5.91 Å². The highest BCUT2D eigenvalue weighted by molar-refractivity contribution is 7.99. The molecule has 1 aromatic carbocycles. The SMILES string of the molecule is C#Cc1cnc2ccc(OC(SC)C(=O)NC(C)(C#C)C=O)cc2c1. The van der Waals surface area contributed by atoms with E-state index < -0.39 is 16.9 Å². The third-order valence-electron chi connectivity index (χ3n) is 3.41. The zero-order valence-electron chi connectivity index (χ0n) is 13.8. The van der Waals surface area contributed by atoms with Crippen LogP contribution in [-0.4, -0.2) is 34.4 Å². The number of aldehydes is 1. The number of ether oxygens (including phenoxy) is 1. The van der Waals surface area contributed by atoms with E-state index in [1.165, 1.54) is 18.7 Å². The molecule has 6 heteroatoms. The maximum absolute atomic E-state index is 12.3. The van der Waals surface area contributed by atoms with E-state index in [-0.39, 0.29) is 0 Å². The lowest BCUT2D eigenvalue weighted by Crippen LogP contribution is -2.50. The summed E-state index contributed by atoms with van der Waals surface area (Å²) in [6.45, 7) is 1.44. The Bertz CT molecular complexity index is 898. The molecule has 126 valence electrons. The second-order valence-corrected chi connectivity index (χ2v) is 6.26. The highest BCUT2D eigenvalue weighted by Crippen LogP contribution is 2.23. The van der Waals surface area contributed by atoms with Crippen molar-refractivity contribution in [1.29, 1.82) is 0 Å². The molecule has 0 aliphatic rings. The van der Waals surface area contributed by atoms with Crippen LogP contribution in [0, 0.1) is 24.7 Å². The number of carbonyl (C=O) groups is 2. The van der Waals surface area contributed by atoms with E-state index in [1.54, 1.807) is 30.7 Å². The van der Waals surface area contributed by atoms with E-state index in [9.17, 15) is 9.59 Å². The summed E-state index contributed by atoms with van der Waals surface area (Å²) in [4.78, 5) is 27.6. The van der Waals surface area contributed by atoms with Crippen LogP contribution in [0.4, 0.5) is 0 Å². The molecule has 0 aliphatic carbocycles. The van der Waals surface area contributed by atoms with Gasteiger partial charge in [0.2, 0.25) is 5.44 Å². The average molecular weight is 352 g/mol. The number of terminal acetylenes is 2. The maximum Gasteiger partial charge on any atom is 0.273 e. The third-order valence-corrected chi connectivity index (χ3v) is 4.15. The predicted molar refractivity (Wildman–Crippen MR) is 99.1 cm³/mol. The molecule has 0 radical (unpaired) electrons. The summed E-state index contributed by atoms with van der Waals surface area (Å²) < 4.78 is 5.73. The molecule has 2 aromatic rings. The van der Waals surface area contributed by atoms with Crippen LogP contribution in [-0.2, 0) is 9.59 Å². The minimum Gasteiger partial charge on any atom is -0.470 e. The first kappa shape index (κ1) is 18.4. The second kappa shape index (κ2) is 7.74.